The van der Waals surface area contributed by atoms with E-state index in [1.807, 2.05) is 24.6 Å². The third-order valence-electron chi connectivity index (χ3n) is 4.08. The zero-order chi connectivity index (χ0) is 14.4. The molecule has 0 spiro atoms. The van der Waals surface area contributed by atoms with Gasteiger partial charge in [-0.3, -0.25) is 4.79 Å². The van der Waals surface area contributed by atoms with Crippen LogP contribution in [-0.4, -0.2) is 46.5 Å². The smallest absolute Gasteiger partial charge is 0.242 e. The molecule has 112 valence electrons. The molecule has 1 aromatic rings. The van der Waals surface area contributed by atoms with Crippen molar-refractivity contribution in [3.05, 3.63) is 18.2 Å². The number of rotatable bonds is 5. The van der Waals surface area contributed by atoms with Gasteiger partial charge in [0, 0.05) is 25.5 Å². The summed E-state index contributed by atoms with van der Waals surface area (Å²) in [4.78, 5) is 18.7. The van der Waals surface area contributed by atoms with Gasteiger partial charge in [0.25, 0.3) is 0 Å². The van der Waals surface area contributed by atoms with Gasteiger partial charge < -0.3 is 14.8 Å². The Hall–Kier alpha value is -1.36. The van der Waals surface area contributed by atoms with E-state index >= 15 is 0 Å². The lowest BCUT2D eigenvalue weighted by Crippen LogP contribution is -2.38. The molecule has 1 atom stereocenters. The molecule has 1 aliphatic rings. The molecule has 2 heterocycles. The summed E-state index contributed by atoms with van der Waals surface area (Å²) >= 11 is 0. The quantitative estimate of drug-likeness (QED) is 0.892. The lowest BCUT2D eigenvalue weighted by molar-refractivity contribution is -0.123. The second kappa shape index (κ2) is 7.43. The molecular weight excluding hydrogens is 252 g/mol. The fraction of sp³-hybridized carbons (Fsp3) is 0.733. The number of imidazole rings is 1. The van der Waals surface area contributed by atoms with E-state index in [1.165, 1.54) is 38.8 Å². The molecule has 20 heavy (non-hydrogen) atoms. The number of aromatic nitrogens is 2. The second-order valence-electron chi connectivity index (χ2n) is 5.60. The number of nitrogens with one attached hydrogen (secondary N) is 1. The summed E-state index contributed by atoms with van der Waals surface area (Å²) < 4.78 is 1.90. The number of carbonyl (C=O) groups excluding carboxylic acids is 1. The minimum Gasteiger partial charge on any atom is -0.353 e. The van der Waals surface area contributed by atoms with Crippen molar-refractivity contribution >= 4 is 5.91 Å². The van der Waals surface area contributed by atoms with Crippen LogP contribution in [0.1, 0.15) is 44.5 Å². The van der Waals surface area contributed by atoms with E-state index in [4.69, 9.17) is 0 Å². The highest BCUT2D eigenvalue weighted by atomic mass is 16.2. The summed E-state index contributed by atoms with van der Waals surface area (Å²) in [5.41, 5.74) is 0. The highest BCUT2D eigenvalue weighted by molar-refractivity contribution is 5.79. The van der Waals surface area contributed by atoms with E-state index in [0.29, 0.717) is 0 Å². The molecule has 1 aromatic heterocycles. The number of hydrogen-bond donors (Lipinski definition) is 1. The molecular formula is C15H26N4O. The summed E-state index contributed by atoms with van der Waals surface area (Å²) in [5, 5.41) is 3.04. The van der Waals surface area contributed by atoms with Crippen molar-refractivity contribution in [1.29, 1.82) is 0 Å². The molecule has 1 saturated heterocycles. The largest absolute Gasteiger partial charge is 0.353 e. The Morgan fingerprint density at radius 1 is 1.35 bits per heavy atom. The van der Waals surface area contributed by atoms with Crippen LogP contribution in [0.5, 0.6) is 0 Å². The maximum absolute atomic E-state index is 12.1. The molecule has 2 rings (SSSR count). The number of hydrogen-bond acceptors (Lipinski definition) is 3. The van der Waals surface area contributed by atoms with Gasteiger partial charge in [-0.15, -0.1) is 0 Å². The van der Waals surface area contributed by atoms with Crippen LogP contribution in [0.15, 0.2) is 12.4 Å². The van der Waals surface area contributed by atoms with Crippen LogP contribution in [0.25, 0.3) is 0 Å². The van der Waals surface area contributed by atoms with Gasteiger partial charge in [0.2, 0.25) is 5.91 Å². The Labute approximate surface area is 121 Å². The van der Waals surface area contributed by atoms with E-state index in [1.54, 1.807) is 6.20 Å². The van der Waals surface area contributed by atoms with Gasteiger partial charge in [-0.1, -0.05) is 12.8 Å². The maximum atomic E-state index is 12.1. The summed E-state index contributed by atoms with van der Waals surface area (Å²) in [6, 6.07) is -0.193. The van der Waals surface area contributed by atoms with Gasteiger partial charge in [-0.25, -0.2) is 4.98 Å². The van der Waals surface area contributed by atoms with Crippen LogP contribution in [0.3, 0.4) is 0 Å². The third-order valence-corrected chi connectivity index (χ3v) is 4.08. The van der Waals surface area contributed by atoms with Crippen LogP contribution < -0.4 is 5.32 Å². The fourth-order valence-electron chi connectivity index (χ4n) is 2.77. The van der Waals surface area contributed by atoms with Crippen LogP contribution in [0.4, 0.5) is 0 Å². The van der Waals surface area contributed by atoms with Gasteiger partial charge in [0.1, 0.15) is 11.9 Å². The average molecular weight is 278 g/mol. The van der Waals surface area contributed by atoms with Crippen LogP contribution in [0.2, 0.25) is 0 Å². The summed E-state index contributed by atoms with van der Waals surface area (Å²) in [5.74, 6) is 0.945. The number of nitrogens with zero attached hydrogens (tertiary/aromatic N) is 3. The van der Waals surface area contributed by atoms with Crippen molar-refractivity contribution in [3.8, 4) is 0 Å². The Kier molecular flexibility index (Phi) is 5.59. The first kappa shape index (κ1) is 15.0. The number of likely N-dealkylation sites (tertiary alicyclic amines) is 1. The predicted octanol–water partition coefficient (Wildman–Crippen LogP) is 1.74. The highest BCUT2D eigenvalue weighted by Gasteiger charge is 2.16. The van der Waals surface area contributed by atoms with Crippen LogP contribution >= 0.6 is 0 Å². The Balaban J connectivity index is 1.73. The third kappa shape index (κ3) is 4.07. The molecule has 5 nitrogen and oxygen atoms in total. The molecule has 0 aromatic carbocycles. The fourth-order valence-corrected chi connectivity index (χ4v) is 2.77. The monoisotopic (exact) mass is 278 g/mol. The highest BCUT2D eigenvalue weighted by Crippen LogP contribution is 2.10. The van der Waals surface area contributed by atoms with E-state index in [0.717, 1.165) is 18.9 Å². The second-order valence-corrected chi connectivity index (χ2v) is 5.60. The van der Waals surface area contributed by atoms with Crippen molar-refractivity contribution < 1.29 is 4.79 Å². The minimum absolute atomic E-state index is 0.0703. The maximum Gasteiger partial charge on any atom is 0.242 e. The number of amides is 1. The van der Waals surface area contributed by atoms with E-state index in [9.17, 15) is 4.79 Å². The SMILES string of the molecule is Cc1nccn1C(C)C(=O)NCCN1CCCCCC1. The molecule has 0 saturated carbocycles. The lowest BCUT2D eigenvalue weighted by atomic mass is 10.2. The number of carbonyl (C=O) groups is 1. The Morgan fingerprint density at radius 3 is 2.65 bits per heavy atom. The van der Waals surface area contributed by atoms with Crippen molar-refractivity contribution in [2.45, 2.75) is 45.6 Å². The van der Waals surface area contributed by atoms with Gasteiger partial charge in [-0.05, 0) is 39.8 Å². The van der Waals surface area contributed by atoms with E-state index < -0.39 is 0 Å². The normalized spacial score (nSPS) is 18.5. The van der Waals surface area contributed by atoms with Crippen molar-refractivity contribution in [2.75, 3.05) is 26.2 Å². The molecule has 1 unspecified atom stereocenters. The van der Waals surface area contributed by atoms with Crippen LogP contribution in [0, 0.1) is 6.92 Å². The molecule has 1 N–H and O–H groups in total. The van der Waals surface area contributed by atoms with E-state index in [2.05, 4.69) is 15.2 Å². The minimum atomic E-state index is -0.193. The Bertz CT molecular complexity index is 421. The lowest BCUT2D eigenvalue weighted by Gasteiger charge is -2.21. The summed E-state index contributed by atoms with van der Waals surface area (Å²) in [7, 11) is 0. The number of aryl methyl sites for hydroxylation is 1. The van der Waals surface area contributed by atoms with Crippen LogP contribution in [-0.2, 0) is 4.79 Å². The zero-order valence-electron chi connectivity index (χ0n) is 12.6. The standard InChI is InChI=1S/C15H26N4O/c1-13(19-12-8-16-14(19)2)15(20)17-7-11-18-9-5-3-4-6-10-18/h8,12-13H,3-7,9-11H2,1-2H3,(H,17,20). The molecule has 1 amide bonds. The Morgan fingerprint density at radius 2 is 2.05 bits per heavy atom. The zero-order valence-corrected chi connectivity index (χ0v) is 12.6. The average Bonchev–Trinajstić information content (AvgIpc) is 2.71. The van der Waals surface area contributed by atoms with Gasteiger partial charge >= 0.3 is 0 Å². The topological polar surface area (TPSA) is 50.2 Å². The molecule has 5 heteroatoms. The van der Waals surface area contributed by atoms with E-state index in [-0.39, 0.29) is 11.9 Å². The van der Waals surface area contributed by atoms with Gasteiger partial charge in [0.15, 0.2) is 0 Å². The van der Waals surface area contributed by atoms with Gasteiger partial charge in [-0.2, -0.15) is 0 Å². The summed E-state index contributed by atoms with van der Waals surface area (Å²) in [6.45, 7) is 7.87. The first-order chi connectivity index (χ1) is 9.68. The molecule has 0 aliphatic carbocycles. The molecule has 0 radical (unpaired) electrons. The first-order valence-corrected chi connectivity index (χ1v) is 7.68. The predicted molar refractivity (Wildman–Crippen MR) is 79.6 cm³/mol. The van der Waals surface area contributed by atoms with Crippen molar-refractivity contribution in [3.63, 3.8) is 0 Å². The van der Waals surface area contributed by atoms with Crippen molar-refractivity contribution in [2.24, 2.45) is 0 Å². The van der Waals surface area contributed by atoms with Gasteiger partial charge in [0.05, 0.1) is 0 Å². The molecule has 1 fully saturated rings. The molecule has 1 aliphatic heterocycles. The summed E-state index contributed by atoms with van der Waals surface area (Å²) in [6.07, 6.45) is 8.86. The van der Waals surface area contributed by atoms with Crippen molar-refractivity contribution in [1.82, 2.24) is 19.8 Å². The first-order valence-electron chi connectivity index (χ1n) is 7.68. The molecule has 0 bridgehead atoms.